The summed E-state index contributed by atoms with van der Waals surface area (Å²) >= 11 is 11.2. The van der Waals surface area contributed by atoms with Gasteiger partial charge in [0.1, 0.15) is 5.82 Å². The Hall–Kier alpha value is -2.90. The Morgan fingerprint density at radius 3 is 2.73 bits per heavy atom. The van der Waals surface area contributed by atoms with Gasteiger partial charge in [-0.05, 0) is 60.7 Å². The molecule has 0 fully saturated rings. The number of nitrogens with one attached hydrogen (secondary N) is 3. The number of hydrogen-bond donors (Lipinski definition) is 3. The first-order valence-electron chi connectivity index (χ1n) is 7.85. The molecular formula is C18H14ClN5OS. The molecular weight excluding hydrogens is 370 g/mol. The Morgan fingerprint density at radius 1 is 1.08 bits per heavy atom. The van der Waals surface area contributed by atoms with Crippen molar-refractivity contribution in [1.29, 1.82) is 0 Å². The molecule has 130 valence electrons. The van der Waals surface area contributed by atoms with Crippen LogP contribution in [0.1, 0.15) is 11.8 Å². The van der Waals surface area contributed by atoms with Gasteiger partial charge in [-0.25, -0.2) is 9.97 Å². The van der Waals surface area contributed by atoms with E-state index in [2.05, 4.69) is 25.9 Å². The molecule has 3 aromatic rings. The minimum absolute atomic E-state index is 0.318. The van der Waals surface area contributed by atoms with Gasteiger partial charge in [-0.1, -0.05) is 11.6 Å². The highest BCUT2D eigenvalue weighted by Gasteiger charge is 2.24. The highest BCUT2D eigenvalue weighted by molar-refractivity contribution is 7.80. The highest BCUT2D eigenvalue weighted by Crippen LogP contribution is 2.35. The topological polar surface area (TPSA) is 71.1 Å². The lowest BCUT2D eigenvalue weighted by Gasteiger charge is -2.14. The zero-order chi connectivity index (χ0) is 17.9. The fourth-order valence-electron chi connectivity index (χ4n) is 2.52. The van der Waals surface area contributed by atoms with Crippen molar-refractivity contribution < 1.29 is 4.74 Å². The van der Waals surface area contributed by atoms with E-state index in [4.69, 9.17) is 28.6 Å². The predicted octanol–water partition coefficient (Wildman–Crippen LogP) is 4.44. The first-order chi connectivity index (χ1) is 12.7. The smallest absolute Gasteiger partial charge is 0.198 e. The SMILES string of the molecule is S=C(Nc1ccc(Cl)cc1)Nc1cc(C2Nc3ncccc3O2)ccn1. The van der Waals surface area contributed by atoms with Crippen molar-refractivity contribution in [3.05, 3.63) is 71.5 Å². The molecule has 0 saturated carbocycles. The minimum Gasteiger partial charge on any atom is -0.463 e. The number of rotatable bonds is 3. The Labute approximate surface area is 160 Å². The molecule has 1 unspecified atom stereocenters. The third-order valence-corrected chi connectivity index (χ3v) is 4.17. The summed E-state index contributed by atoms with van der Waals surface area (Å²) in [5.74, 6) is 2.07. The maximum absolute atomic E-state index is 5.88. The first-order valence-corrected chi connectivity index (χ1v) is 8.64. The fraction of sp³-hybridized carbons (Fsp3) is 0.0556. The molecule has 6 nitrogen and oxygen atoms in total. The molecule has 0 aliphatic carbocycles. The van der Waals surface area contributed by atoms with Gasteiger partial charge in [0.05, 0.1) is 0 Å². The summed E-state index contributed by atoms with van der Waals surface area (Å²) in [7, 11) is 0. The standard InChI is InChI=1S/C18H14ClN5OS/c19-12-3-5-13(6-4-12)22-18(26)23-15-10-11(7-9-20-15)17-24-16-14(25-17)2-1-8-21-16/h1-10,17H,(H,21,24)(H2,20,22,23,26). The lowest BCUT2D eigenvalue weighted by atomic mass is 10.2. The summed E-state index contributed by atoms with van der Waals surface area (Å²) in [4.78, 5) is 8.55. The van der Waals surface area contributed by atoms with E-state index in [0.717, 1.165) is 22.8 Å². The molecule has 0 saturated heterocycles. The van der Waals surface area contributed by atoms with E-state index >= 15 is 0 Å². The van der Waals surface area contributed by atoms with Crippen LogP contribution in [0.3, 0.4) is 0 Å². The lowest BCUT2D eigenvalue weighted by Crippen LogP contribution is -2.20. The molecule has 3 heterocycles. The van der Waals surface area contributed by atoms with Gasteiger partial charge in [0.15, 0.2) is 22.9 Å². The van der Waals surface area contributed by atoms with Gasteiger partial charge >= 0.3 is 0 Å². The Kier molecular flexibility index (Phi) is 4.55. The van der Waals surface area contributed by atoms with E-state index < -0.39 is 0 Å². The summed E-state index contributed by atoms with van der Waals surface area (Å²) < 4.78 is 5.87. The number of pyridine rings is 2. The van der Waals surface area contributed by atoms with E-state index in [1.54, 1.807) is 24.5 Å². The summed E-state index contributed by atoms with van der Waals surface area (Å²) in [6.07, 6.45) is 3.10. The molecule has 0 radical (unpaired) electrons. The number of anilines is 3. The van der Waals surface area contributed by atoms with Crippen LogP contribution >= 0.6 is 23.8 Å². The van der Waals surface area contributed by atoms with Crippen molar-refractivity contribution >= 4 is 46.3 Å². The average molecular weight is 384 g/mol. The molecule has 0 bridgehead atoms. The largest absolute Gasteiger partial charge is 0.463 e. The lowest BCUT2D eigenvalue weighted by molar-refractivity contribution is 0.260. The predicted molar refractivity (Wildman–Crippen MR) is 107 cm³/mol. The van der Waals surface area contributed by atoms with Crippen LogP contribution in [0.25, 0.3) is 0 Å². The summed E-state index contributed by atoms with van der Waals surface area (Å²) in [5, 5.41) is 10.5. The molecule has 0 amide bonds. The normalized spacial score (nSPS) is 14.7. The van der Waals surface area contributed by atoms with Crippen molar-refractivity contribution in [2.24, 2.45) is 0 Å². The van der Waals surface area contributed by atoms with Crippen LogP contribution in [0.15, 0.2) is 60.9 Å². The summed E-state index contributed by atoms with van der Waals surface area (Å²) in [6.45, 7) is 0. The number of ether oxygens (including phenoxy) is 1. The number of fused-ring (bicyclic) bond motifs is 1. The second kappa shape index (κ2) is 7.15. The third-order valence-electron chi connectivity index (χ3n) is 3.71. The van der Waals surface area contributed by atoms with Crippen LogP contribution in [0.2, 0.25) is 5.02 Å². The first kappa shape index (κ1) is 16.6. The number of nitrogens with zero attached hydrogens (tertiary/aromatic N) is 2. The maximum atomic E-state index is 5.88. The molecule has 1 atom stereocenters. The van der Waals surface area contributed by atoms with Gasteiger partial charge in [0, 0.05) is 28.7 Å². The highest BCUT2D eigenvalue weighted by atomic mass is 35.5. The molecule has 1 aliphatic rings. The Morgan fingerprint density at radius 2 is 1.92 bits per heavy atom. The quantitative estimate of drug-likeness (QED) is 0.577. The van der Waals surface area contributed by atoms with Crippen molar-refractivity contribution in [2.75, 3.05) is 16.0 Å². The fourth-order valence-corrected chi connectivity index (χ4v) is 2.86. The molecule has 1 aliphatic heterocycles. The van der Waals surface area contributed by atoms with Gasteiger partial charge in [-0.2, -0.15) is 0 Å². The number of thiocarbonyl (C=S) groups is 1. The van der Waals surface area contributed by atoms with Gasteiger partial charge < -0.3 is 20.7 Å². The molecule has 1 aromatic carbocycles. The van der Waals surface area contributed by atoms with Crippen molar-refractivity contribution in [3.63, 3.8) is 0 Å². The maximum Gasteiger partial charge on any atom is 0.198 e. The molecule has 8 heteroatoms. The molecule has 2 aromatic heterocycles. The number of hydrogen-bond acceptors (Lipinski definition) is 5. The van der Waals surface area contributed by atoms with Crippen molar-refractivity contribution in [1.82, 2.24) is 9.97 Å². The van der Waals surface area contributed by atoms with Crippen LogP contribution in [-0.2, 0) is 0 Å². The zero-order valence-electron chi connectivity index (χ0n) is 13.4. The van der Waals surface area contributed by atoms with E-state index in [-0.39, 0.29) is 6.23 Å². The summed E-state index contributed by atoms with van der Waals surface area (Å²) in [5.41, 5.74) is 1.75. The third kappa shape index (κ3) is 3.68. The van der Waals surface area contributed by atoms with E-state index in [0.29, 0.717) is 16.0 Å². The van der Waals surface area contributed by atoms with Crippen LogP contribution < -0.4 is 20.7 Å². The second-order valence-electron chi connectivity index (χ2n) is 5.55. The molecule has 26 heavy (non-hydrogen) atoms. The number of benzene rings is 1. The zero-order valence-corrected chi connectivity index (χ0v) is 15.0. The molecule has 0 spiro atoms. The van der Waals surface area contributed by atoms with E-state index in [9.17, 15) is 0 Å². The molecule has 3 N–H and O–H groups in total. The summed E-state index contributed by atoms with van der Waals surface area (Å²) in [6, 6.07) is 14.7. The van der Waals surface area contributed by atoms with Crippen molar-refractivity contribution in [3.8, 4) is 5.75 Å². The number of aromatic nitrogens is 2. The van der Waals surface area contributed by atoms with Gasteiger partial charge in [-0.15, -0.1) is 0 Å². The van der Waals surface area contributed by atoms with Gasteiger partial charge in [0.2, 0.25) is 0 Å². The van der Waals surface area contributed by atoms with E-state index in [1.807, 2.05) is 36.4 Å². The van der Waals surface area contributed by atoms with Gasteiger partial charge in [0.25, 0.3) is 0 Å². The van der Waals surface area contributed by atoms with Crippen LogP contribution in [0, 0.1) is 0 Å². The number of halogens is 1. The van der Waals surface area contributed by atoms with Crippen LogP contribution in [0.5, 0.6) is 5.75 Å². The minimum atomic E-state index is -0.318. The average Bonchev–Trinajstić information content (AvgIpc) is 3.08. The van der Waals surface area contributed by atoms with Crippen LogP contribution in [0.4, 0.5) is 17.3 Å². The van der Waals surface area contributed by atoms with Crippen molar-refractivity contribution in [2.45, 2.75) is 6.23 Å². The Bertz CT molecular complexity index is 925. The second-order valence-corrected chi connectivity index (χ2v) is 6.40. The Balaban J connectivity index is 1.43. The van der Waals surface area contributed by atoms with Gasteiger partial charge in [-0.3, -0.25) is 0 Å². The monoisotopic (exact) mass is 383 g/mol. The van der Waals surface area contributed by atoms with E-state index in [1.165, 1.54) is 0 Å². The van der Waals surface area contributed by atoms with Crippen LogP contribution in [-0.4, -0.2) is 15.1 Å². The molecule has 4 rings (SSSR count).